The third-order valence-electron chi connectivity index (χ3n) is 5.14. The molecule has 1 aliphatic heterocycles. The van der Waals surface area contributed by atoms with Crippen molar-refractivity contribution in [1.82, 2.24) is 10.2 Å². The summed E-state index contributed by atoms with van der Waals surface area (Å²) >= 11 is 2.11. The molecule has 1 heterocycles. The molecular weight excluding hydrogens is 564 g/mol. The van der Waals surface area contributed by atoms with Gasteiger partial charge in [-0.3, -0.25) is 9.59 Å². The molecular formula is C26H21FIN3O4. The Hall–Kier alpha value is -3.73. The fraction of sp³-hybridized carbons (Fsp3) is 0.115. The highest BCUT2D eigenvalue weighted by atomic mass is 127. The van der Waals surface area contributed by atoms with Gasteiger partial charge in [-0.15, -0.1) is 0 Å². The third kappa shape index (κ3) is 6.24. The molecule has 2 N–H and O–H groups in total. The van der Waals surface area contributed by atoms with Crippen LogP contribution < -0.4 is 15.4 Å². The second-order valence-corrected chi connectivity index (χ2v) is 9.06. The minimum absolute atomic E-state index is 0.0779. The number of hydrogen-bond acceptors (Lipinski definition) is 4. The molecule has 0 aromatic heterocycles. The van der Waals surface area contributed by atoms with Crippen molar-refractivity contribution < 1.29 is 23.5 Å². The molecule has 1 saturated heterocycles. The smallest absolute Gasteiger partial charge is 0.329 e. The molecule has 0 saturated carbocycles. The summed E-state index contributed by atoms with van der Waals surface area (Å²) < 4.78 is 19.6. The van der Waals surface area contributed by atoms with E-state index in [0.29, 0.717) is 17.0 Å². The lowest BCUT2D eigenvalue weighted by Crippen LogP contribution is -2.38. The van der Waals surface area contributed by atoms with E-state index in [4.69, 9.17) is 4.74 Å². The molecule has 178 valence electrons. The van der Waals surface area contributed by atoms with Crippen molar-refractivity contribution in [2.75, 3.05) is 11.9 Å². The lowest BCUT2D eigenvalue weighted by molar-refractivity contribution is -0.127. The van der Waals surface area contributed by atoms with Crippen molar-refractivity contribution in [3.05, 3.63) is 98.5 Å². The molecule has 0 radical (unpaired) electrons. The average molecular weight is 585 g/mol. The SMILES string of the molecule is Cc1cccc(NC(=O)CN2C(=O)N/C(=C/c3ccc(OCc4ccc(F)cc4)c(I)c3)C2=O)c1. The van der Waals surface area contributed by atoms with Crippen molar-refractivity contribution in [3.63, 3.8) is 0 Å². The topological polar surface area (TPSA) is 87.7 Å². The van der Waals surface area contributed by atoms with Gasteiger partial charge in [0.05, 0.1) is 3.57 Å². The van der Waals surface area contributed by atoms with E-state index >= 15 is 0 Å². The Morgan fingerprint density at radius 2 is 1.89 bits per heavy atom. The van der Waals surface area contributed by atoms with Crippen molar-refractivity contribution >= 4 is 52.2 Å². The van der Waals surface area contributed by atoms with Crippen LogP contribution >= 0.6 is 22.6 Å². The molecule has 0 atom stereocenters. The van der Waals surface area contributed by atoms with E-state index in [9.17, 15) is 18.8 Å². The predicted molar refractivity (Wildman–Crippen MR) is 138 cm³/mol. The normalized spacial score (nSPS) is 14.3. The van der Waals surface area contributed by atoms with E-state index in [1.54, 1.807) is 54.6 Å². The standard InChI is InChI=1S/C26H21FIN3O4/c1-16-3-2-4-20(11-16)29-24(32)14-31-25(33)22(30-26(31)34)13-18-7-10-23(21(28)12-18)35-15-17-5-8-19(27)9-6-17/h2-13H,14-15H2,1H3,(H,29,32)(H,30,34)/b22-13+. The molecule has 7 nitrogen and oxygen atoms in total. The first-order valence-corrected chi connectivity index (χ1v) is 11.7. The Morgan fingerprint density at radius 1 is 1.11 bits per heavy atom. The number of rotatable bonds is 7. The van der Waals surface area contributed by atoms with Gasteiger partial charge in [-0.25, -0.2) is 14.1 Å². The molecule has 0 aliphatic carbocycles. The molecule has 0 unspecified atom stereocenters. The summed E-state index contributed by atoms with van der Waals surface area (Å²) in [7, 11) is 0. The number of imide groups is 1. The average Bonchev–Trinajstić information content (AvgIpc) is 3.07. The highest BCUT2D eigenvalue weighted by Crippen LogP contribution is 2.25. The van der Waals surface area contributed by atoms with Gasteiger partial charge in [-0.2, -0.15) is 0 Å². The van der Waals surface area contributed by atoms with E-state index in [-0.39, 0.29) is 18.1 Å². The Kier molecular flexibility index (Phi) is 7.45. The monoisotopic (exact) mass is 585 g/mol. The van der Waals surface area contributed by atoms with Gasteiger partial charge in [-0.05, 0) is 88.7 Å². The molecule has 0 bridgehead atoms. The van der Waals surface area contributed by atoms with Gasteiger partial charge < -0.3 is 15.4 Å². The van der Waals surface area contributed by atoms with Crippen LogP contribution in [0.15, 0.2) is 72.4 Å². The second-order valence-electron chi connectivity index (χ2n) is 7.90. The number of carbonyl (C=O) groups excluding carboxylic acids is 3. The van der Waals surface area contributed by atoms with Gasteiger partial charge in [0.2, 0.25) is 5.91 Å². The maximum absolute atomic E-state index is 13.0. The number of aryl methyl sites for hydroxylation is 1. The largest absolute Gasteiger partial charge is 0.488 e. The number of hydrogen-bond donors (Lipinski definition) is 2. The first kappa shape index (κ1) is 24.4. The predicted octanol–water partition coefficient (Wildman–Crippen LogP) is 4.85. The number of benzene rings is 3. The minimum atomic E-state index is -0.658. The van der Waals surface area contributed by atoms with Crippen molar-refractivity contribution in [1.29, 1.82) is 0 Å². The fourth-order valence-electron chi connectivity index (χ4n) is 3.41. The van der Waals surface area contributed by atoms with Crippen molar-refractivity contribution in [2.45, 2.75) is 13.5 Å². The zero-order valence-electron chi connectivity index (χ0n) is 18.7. The lowest BCUT2D eigenvalue weighted by Gasteiger charge is -2.12. The fourth-order valence-corrected chi connectivity index (χ4v) is 4.11. The molecule has 3 aromatic rings. The van der Waals surface area contributed by atoms with Crippen molar-refractivity contribution in [2.24, 2.45) is 0 Å². The van der Waals surface area contributed by atoms with Gasteiger partial charge >= 0.3 is 6.03 Å². The molecule has 3 aromatic carbocycles. The first-order valence-electron chi connectivity index (χ1n) is 10.7. The quantitative estimate of drug-likeness (QED) is 0.236. The van der Waals surface area contributed by atoms with Crippen LogP contribution in [-0.2, 0) is 16.2 Å². The zero-order valence-corrected chi connectivity index (χ0v) is 20.8. The number of carbonyl (C=O) groups is 3. The van der Waals surface area contributed by atoms with Gasteiger partial charge in [0.1, 0.15) is 30.4 Å². The number of halogens is 2. The Morgan fingerprint density at radius 3 is 2.60 bits per heavy atom. The zero-order chi connectivity index (χ0) is 24.9. The lowest BCUT2D eigenvalue weighted by atomic mass is 10.2. The summed E-state index contributed by atoms with van der Waals surface area (Å²) in [6.45, 7) is 1.78. The van der Waals surface area contributed by atoms with E-state index in [1.165, 1.54) is 12.1 Å². The van der Waals surface area contributed by atoms with E-state index < -0.39 is 24.4 Å². The molecule has 4 amide bonds. The highest BCUT2D eigenvalue weighted by Gasteiger charge is 2.34. The summed E-state index contributed by atoms with van der Waals surface area (Å²) in [6.07, 6.45) is 1.55. The minimum Gasteiger partial charge on any atom is -0.488 e. The van der Waals surface area contributed by atoms with Crippen LogP contribution in [0.5, 0.6) is 5.75 Å². The Balaban J connectivity index is 1.39. The van der Waals surface area contributed by atoms with Gasteiger partial charge in [0.15, 0.2) is 0 Å². The van der Waals surface area contributed by atoms with E-state index in [0.717, 1.165) is 19.6 Å². The highest BCUT2D eigenvalue weighted by molar-refractivity contribution is 14.1. The summed E-state index contributed by atoms with van der Waals surface area (Å²) in [5, 5.41) is 5.21. The number of urea groups is 1. The first-order chi connectivity index (χ1) is 16.8. The van der Waals surface area contributed by atoms with Crippen LogP contribution in [0.3, 0.4) is 0 Å². The van der Waals surface area contributed by atoms with Gasteiger partial charge in [-0.1, -0.05) is 30.3 Å². The number of nitrogens with zero attached hydrogens (tertiary/aromatic N) is 1. The van der Waals surface area contributed by atoms with Crippen LogP contribution in [-0.4, -0.2) is 29.3 Å². The number of anilines is 1. The molecule has 9 heteroatoms. The molecule has 4 rings (SSSR count). The maximum atomic E-state index is 13.0. The van der Waals surface area contributed by atoms with Crippen LogP contribution in [0, 0.1) is 16.3 Å². The summed E-state index contributed by atoms with van der Waals surface area (Å²) in [4.78, 5) is 38.3. The van der Waals surface area contributed by atoms with Crippen LogP contribution in [0.1, 0.15) is 16.7 Å². The van der Waals surface area contributed by atoms with Crippen LogP contribution in [0.2, 0.25) is 0 Å². The van der Waals surface area contributed by atoms with Gasteiger partial charge in [0.25, 0.3) is 5.91 Å². The Labute approximate surface area is 215 Å². The summed E-state index contributed by atoms with van der Waals surface area (Å²) in [5.41, 5.74) is 3.16. The number of amides is 4. The van der Waals surface area contributed by atoms with Crippen molar-refractivity contribution in [3.8, 4) is 5.75 Å². The van der Waals surface area contributed by atoms with Crippen LogP contribution in [0.4, 0.5) is 14.9 Å². The summed E-state index contributed by atoms with van der Waals surface area (Å²) in [6, 6.07) is 18.0. The molecule has 1 aliphatic rings. The second kappa shape index (κ2) is 10.7. The molecule has 0 spiro atoms. The summed E-state index contributed by atoms with van der Waals surface area (Å²) in [5.74, 6) is -0.730. The maximum Gasteiger partial charge on any atom is 0.329 e. The Bertz CT molecular complexity index is 1320. The molecule has 35 heavy (non-hydrogen) atoms. The van der Waals surface area contributed by atoms with Gasteiger partial charge in [0, 0.05) is 5.69 Å². The third-order valence-corrected chi connectivity index (χ3v) is 5.98. The number of nitrogens with one attached hydrogen (secondary N) is 2. The number of ether oxygens (including phenoxy) is 1. The van der Waals surface area contributed by atoms with E-state index in [1.807, 2.05) is 13.0 Å². The van der Waals surface area contributed by atoms with E-state index in [2.05, 4.69) is 33.2 Å². The molecule has 1 fully saturated rings. The van der Waals surface area contributed by atoms with Crippen LogP contribution in [0.25, 0.3) is 6.08 Å².